The predicted molar refractivity (Wildman–Crippen MR) is 118 cm³/mol. The number of rotatable bonds is 11. The molecule has 6 nitrogen and oxygen atoms in total. The van der Waals surface area contributed by atoms with Crippen LogP contribution in [-0.2, 0) is 22.6 Å². The molecule has 0 aliphatic rings. The van der Waals surface area contributed by atoms with Gasteiger partial charge in [0, 0.05) is 13.1 Å². The zero-order valence-electron chi connectivity index (χ0n) is 18.3. The lowest BCUT2D eigenvalue weighted by Crippen LogP contribution is -2.48. The maximum absolute atomic E-state index is 13.2. The first-order chi connectivity index (χ1) is 14.5. The van der Waals surface area contributed by atoms with E-state index in [1.54, 1.807) is 26.0 Å². The number of benzene rings is 2. The summed E-state index contributed by atoms with van der Waals surface area (Å²) in [5.74, 6) is 1.25. The lowest BCUT2D eigenvalue weighted by Gasteiger charge is -2.29. The van der Waals surface area contributed by atoms with E-state index >= 15 is 0 Å². The van der Waals surface area contributed by atoms with Gasteiger partial charge in [-0.3, -0.25) is 9.59 Å². The van der Waals surface area contributed by atoms with E-state index in [-0.39, 0.29) is 18.2 Å². The van der Waals surface area contributed by atoms with Gasteiger partial charge in [0.15, 0.2) is 0 Å². The molecule has 0 saturated carbocycles. The van der Waals surface area contributed by atoms with Crippen LogP contribution in [0.25, 0.3) is 0 Å². The molecule has 1 N–H and O–H groups in total. The van der Waals surface area contributed by atoms with Crippen molar-refractivity contribution in [2.75, 3.05) is 20.8 Å². The first kappa shape index (κ1) is 23.3. The van der Waals surface area contributed by atoms with Crippen LogP contribution in [-0.4, -0.2) is 43.5 Å². The van der Waals surface area contributed by atoms with E-state index in [1.807, 2.05) is 48.5 Å². The highest BCUT2D eigenvalue weighted by molar-refractivity contribution is 5.88. The molecule has 0 bridgehead atoms. The summed E-state index contributed by atoms with van der Waals surface area (Å²) < 4.78 is 10.4. The Kier molecular flexibility index (Phi) is 9.19. The summed E-state index contributed by atoms with van der Waals surface area (Å²) in [6.45, 7) is 4.81. The fraction of sp³-hybridized carbons (Fsp3) is 0.417. The van der Waals surface area contributed by atoms with E-state index < -0.39 is 6.04 Å². The van der Waals surface area contributed by atoms with Crippen molar-refractivity contribution in [2.24, 2.45) is 0 Å². The Morgan fingerprint density at radius 1 is 0.933 bits per heavy atom. The van der Waals surface area contributed by atoms with Crippen LogP contribution >= 0.6 is 0 Å². The molecule has 30 heavy (non-hydrogen) atoms. The van der Waals surface area contributed by atoms with Crippen LogP contribution in [0.15, 0.2) is 48.5 Å². The van der Waals surface area contributed by atoms with Gasteiger partial charge in [-0.05, 0) is 48.7 Å². The van der Waals surface area contributed by atoms with Crippen molar-refractivity contribution in [3.05, 3.63) is 59.7 Å². The van der Waals surface area contributed by atoms with Gasteiger partial charge >= 0.3 is 0 Å². The molecular weight excluding hydrogens is 380 g/mol. The fourth-order valence-electron chi connectivity index (χ4n) is 3.07. The second-order valence-corrected chi connectivity index (χ2v) is 7.22. The van der Waals surface area contributed by atoms with Crippen molar-refractivity contribution in [1.29, 1.82) is 0 Å². The summed E-state index contributed by atoms with van der Waals surface area (Å²) >= 11 is 0. The van der Waals surface area contributed by atoms with E-state index in [1.165, 1.54) is 0 Å². The monoisotopic (exact) mass is 412 g/mol. The molecule has 162 valence electrons. The third kappa shape index (κ3) is 6.79. The number of methoxy groups -OCH3 is 2. The third-order valence-corrected chi connectivity index (χ3v) is 5.02. The van der Waals surface area contributed by atoms with Gasteiger partial charge in [0.05, 0.1) is 20.6 Å². The number of ether oxygens (including phenoxy) is 2. The molecule has 0 saturated heterocycles. The average Bonchev–Trinajstić information content (AvgIpc) is 2.78. The van der Waals surface area contributed by atoms with Gasteiger partial charge in [-0.2, -0.15) is 0 Å². The summed E-state index contributed by atoms with van der Waals surface area (Å²) in [5, 5.41) is 2.93. The first-order valence-corrected chi connectivity index (χ1v) is 10.3. The molecule has 0 radical (unpaired) electrons. The average molecular weight is 413 g/mol. The minimum Gasteiger partial charge on any atom is -0.497 e. The number of nitrogens with one attached hydrogen (secondary N) is 1. The highest BCUT2D eigenvalue weighted by Gasteiger charge is 2.26. The van der Waals surface area contributed by atoms with Crippen LogP contribution < -0.4 is 14.8 Å². The molecule has 0 aliphatic carbocycles. The van der Waals surface area contributed by atoms with E-state index in [0.29, 0.717) is 13.1 Å². The highest BCUT2D eigenvalue weighted by atomic mass is 16.5. The lowest BCUT2D eigenvalue weighted by atomic mass is 10.1. The number of unbranched alkanes of at least 4 members (excludes halogenated alkanes) is 1. The summed E-state index contributed by atoms with van der Waals surface area (Å²) in [6.07, 6.45) is 2.13. The number of nitrogens with zero attached hydrogens (tertiary/aromatic N) is 1. The predicted octanol–water partition coefficient (Wildman–Crippen LogP) is 3.58. The molecule has 2 aromatic carbocycles. The second kappa shape index (κ2) is 11.9. The molecule has 0 heterocycles. The van der Waals surface area contributed by atoms with Crippen molar-refractivity contribution in [1.82, 2.24) is 10.2 Å². The topological polar surface area (TPSA) is 67.9 Å². The molecule has 0 aromatic heterocycles. The van der Waals surface area contributed by atoms with Crippen LogP contribution in [0.3, 0.4) is 0 Å². The van der Waals surface area contributed by atoms with Crippen molar-refractivity contribution in [3.63, 3.8) is 0 Å². The molecule has 0 spiro atoms. The van der Waals surface area contributed by atoms with Crippen LogP contribution in [0, 0.1) is 0 Å². The van der Waals surface area contributed by atoms with Gasteiger partial charge in [0.1, 0.15) is 17.5 Å². The minimum absolute atomic E-state index is 0.103. The number of hydrogen-bond donors (Lipinski definition) is 1. The molecule has 0 unspecified atom stereocenters. The summed E-state index contributed by atoms with van der Waals surface area (Å²) in [7, 11) is 3.22. The summed E-state index contributed by atoms with van der Waals surface area (Å²) in [5.41, 5.74) is 1.81. The Labute approximate surface area is 179 Å². The molecule has 0 aliphatic heterocycles. The molecule has 1 atom stereocenters. The lowest BCUT2D eigenvalue weighted by molar-refractivity contribution is -0.140. The molecule has 2 aromatic rings. The van der Waals surface area contributed by atoms with Gasteiger partial charge < -0.3 is 19.7 Å². The number of hydrogen-bond acceptors (Lipinski definition) is 4. The maximum atomic E-state index is 13.2. The third-order valence-electron chi connectivity index (χ3n) is 5.02. The molecule has 6 heteroatoms. The van der Waals surface area contributed by atoms with Crippen molar-refractivity contribution >= 4 is 11.8 Å². The van der Waals surface area contributed by atoms with E-state index in [9.17, 15) is 9.59 Å². The second-order valence-electron chi connectivity index (χ2n) is 7.22. The van der Waals surface area contributed by atoms with Gasteiger partial charge in [-0.15, -0.1) is 0 Å². The summed E-state index contributed by atoms with van der Waals surface area (Å²) in [4.78, 5) is 27.4. The number of carbonyl (C=O) groups excluding carboxylic acids is 2. The zero-order valence-corrected chi connectivity index (χ0v) is 18.3. The number of carbonyl (C=O) groups is 2. The van der Waals surface area contributed by atoms with Gasteiger partial charge in [-0.25, -0.2) is 0 Å². The Bertz CT molecular complexity index is 803. The quantitative estimate of drug-likeness (QED) is 0.573. The van der Waals surface area contributed by atoms with Crippen LogP contribution in [0.2, 0.25) is 0 Å². The first-order valence-electron chi connectivity index (χ1n) is 10.3. The van der Waals surface area contributed by atoms with Crippen molar-refractivity contribution < 1.29 is 19.1 Å². The van der Waals surface area contributed by atoms with Crippen LogP contribution in [0.5, 0.6) is 11.5 Å². The number of amides is 2. The fourth-order valence-corrected chi connectivity index (χ4v) is 3.07. The molecule has 2 rings (SSSR count). The Balaban J connectivity index is 2.16. The Morgan fingerprint density at radius 3 is 1.97 bits per heavy atom. The van der Waals surface area contributed by atoms with E-state index in [4.69, 9.17) is 9.47 Å². The smallest absolute Gasteiger partial charge is 0.242 e. The van der Waals surface area contributed by atoms with Gasteiger partial charge in [0.25, 0.3) is 0 Å². The van der Waals surface area contributed by atoms with E-state index in [2.05, 4.69) is 12.2 Å². The Morgan fingerprint density at radius 2 is 1.47 bits per heavy atom. The largest absolute Gasteiger partial charge is 0.497 e. The maximum Gasteiger partial charge on any atom is 0.242 e. The van der Waals surface area contributed by atoms with Crippen molar-refractivity contribution in [2.45, 2.75) is 45.7 Å². The minimum atomic E-state index is -0.574. The zero-order chi connectivity index (χ0) is 21.9. The summed E-state index contributed by atoms with van der Waals surface area (Å²) in [6, 6.07) is 14.4. The molecule has 0 fully saturated rings. The molecule has 2 amide bonds. The normalized spacial score (nSPS) is 11.5. The van der Waals surface area contributed by atoms with Crippen molar-refractivity contribution in [3.8, 4) is 11.5 Å². The highest BCUT2D eigenvalue weighted by Crippen LogP contribution is 2.17. The van der Waals surface area contributed by atoms with Gasteiger partial charge in [-0.1, -0.05) is 37.6 Å². The van der Waals surface area contributed by atoms with E-state index in [0.717, 1.165) is 35.5 Å². The Hall–Kier alpha value is -3.02. The van der Waals surface area contributed by atoms with Crippen LogP contribution in [0.1, 0.15) is 37.8 Å². The SMILES string of the molecule is CCCCNC(=O)[C@@H](C)N(Cc1ccc(OC)cc1)C(=O)Cc1ccc(OC)cc1. The van der Waals surface area contributed by atoms with Crippen LogP contribution in [0.4, 0.5) is 0 Å². The van der Waals surface area contributed by atoms with Gasteiger partial charge in [0.2, 0.25) is 11.8 Å². The standard InChI is InChI=1S/C24H32N2O4/c1-5-6-15-25-24(28)18(2)26(17-20-9-13-22(30-4)14-10-20)23(27)16-19-7-11-21(29-3)12-8-19/h7-14,18H,5-6,15-17H2,1-4H3,(H,25,28)/t18-/m1/s1. The molecular formula is C24H32N2O4.